The van der Waals surface area contributed by atoms with Gasteiger partial charge in [-0.3, -0.25) is 4.79 Å². The van der Waals surface area contributed by atoms with E-state index in [9.17, 15) is 4.79 Å². The number of aryl methyl sites for hydroxylation is 2. The van der Waals surface area contributed by atoms with Crippen LogP contribution in [0.3, 0.4) is 0 Å². The molecule has 1 aliphatic rings. The van der Waals surface area contributed by atoms with E-state index in [4.69, 9.17) is 0 Å². The summed E-state index contributed by atoms with van der Waals surface area (Å²) < 4.78 is 2.22. The maximum Gasteiger partial charge on any atom is 0.244 e. The molecule has 3 heterocycles. The summed E-state index contributed by atoms with van der Waals surface area (Å²) in [6.07, 6.45) is 8.86. The standard InChI is InChI=1S/C25H29N5O/c1-18-5-8-23(9-6-18)30-19(2)17-21(20(30)3)7-10-24(31)28-22-11-15-29(16-12-22)25-26-13-4-14-27-25/h4-10,13-14,17,22H,11-12,15-16H2,1-3H3,(H,28,31)/b10-7+. The molecule has 1 saturated heterocycles. The number of aromatic nitrogens is 3. The second kappa shape index (κ2) is 9.16. The van der Waals surface area contributed by atoms with Gasteiger partial charge in [-0.1, -0.05) is 17.7 Å². The Bertz CT molecular complexity index is 1060. The van der Waals surface area contributed by atoms with Gasteiger partial charge in [0.05, 0.1) is 0 Å². The van der Waals surface area contributed by atoms with Crippen molar-refractivity contribution >= 4 is 17.9 Å². The van der Waals surface area contributed by atoms with Gasteiger partial charge in [0.1, 0.15) is 0 Å². The van der Waals surface area contributed by atoms with Crippen molar-refractivity contribution in [3.63, 3.8) is 0 Å². The van der Waals surface area contributed by atoms with Crippen LogP contribution >= 0.6 is 0 Å². The highest BCUT2D eigenvalue weighted by molar-refractivity contribution is 5.92. The molecule has 0 spiro atoms. The number of carbonyl (C=O) groups is 1. The summed E-state index contributed by atoms with van der Waals surface area (Å²) in [5.41, 5.74) is 5.71. The number of rotatable bonds is 5. The van der Waals surface area contributed by atoms with E-state index in [0.29, 0.717) is 0 Å². The van der Waals surface area contributed by atoms with Crippen molar-refractivity contribution in [2.45, 2.75) is 39.7 Å². The van der Waals surface area contributed by atoms with Crippen molar-refractivity contribution in [1.82, 2.24) is 19.9 Å². The predicted molar refractivity (Wildman–Crippen MR) is 124 cm³/mol. The van der Waals surface area contributed by atoms with Gasteiger partial charge in [-0.15, -0.1) is 0 Å². The number of hydrogen-bond donors (Lipinski definition) is 1. The van der Waals surface area contributed by atoms with Crippen LogP contribution in [0.5, 0.6) is 0 Å². The van der Waals surface area contributed by atoms with Crippen LogP contribution in [0.15, 0.2) is 54.9 Å². The monoisotopic (exact) mass is 415 g/mol. The SMILES string of the molecule is Cc1ccc(-n2c(C)cc(/C=C/C(=O)NC3CCN(c4ncccn4)CC3)c2C)cc1. The van der Waals surface area contributed by atoms with Gasteiger partial charge >= 0.3 is 0 Å². The fourth-order valence-electron chi connectivity index (χ4n) is 4.14. The van der Waals surface area contributed by atoms with E-state index in [1.807, 2.05) is 12.1 Å². The van der Waals surface area contributed by atoms with Crippen molar-refractivity contribution < 1.29 is 4.79 Å². The Kier molecular flexibility index (Phi) is 6.16. The summed E-state index contributed by atoms with van der Waals surface area (Å²) >= 11 is 0. The smallest absolute Gasteiger partial charge is 0.244 e. The summed E-state index contributed by atoms with van der Waals surface area (Å²) in [7, 11) is 0. The lowest BCUT2D eigenvalue weighted by molar-refractivity contribution is -0.117. The van der Waals surface area contributed by atoms with Crippen molar-refractivity contribution in [2.75, 3.05) is 18.0 Å². The largest absolute Gasteiger partial charge is 0.350 e. The lowest BCUT2D eigenvalue weighted by Crippen LogP contribution is -2.44. The first kappa shape index (κ1) is 20.8. The average Bonchev–Trinajstić information content (AvgIpc) is 3.07. The molecular formula is C25H29N5O. The number of nitrogens with one attached hydrogen (secondary N) is 1. The highest BCUT2D eigenvalue weighted by Crippen LogP contribution is 2.22. The Balaban J connectivity index is 1.36. The normalized spacial score (nSPS) is 14.9. The second-order valence-electron chi connectivity index (χ2n) is 8.15. The molecule has 0 bridgehead atoms. The fraction of sp³-hybridized carbons (Fsp3) is 0.320. The molecule has 1 aliphatic heterocycles. The van der Waals surface area contributed by atoms with E-state index < -0.39 is 0 Å². The Morgan fingerprint density at radius 2 is 1.74 bits per heavy atom. The molecule has 0 atom stereocenters. The van der Waals surface area contributed by atoms with Crippen molar-refractivity contribution in [3.05, 3.63) is 77.4 Å². The fourth-order valence-corrected chi connectivity index (χ4v) is 4.14. The van der Waals surface area contributed by atoms with Crippen LogP contribution in [0.2, 0.25) is 0 Å². The molecule has 0 aliphatic carbocycles. The Hall–Kier alpha value is -3.41. The Labute approximate surface area is 183 Å². The predicted octanol–water partition coefficient (Wildman–Crippen LogP) is 3.99. The number of anilines is 1. The molecule has 0 saturated carbocycles. The van der Waals surface area contributed by atoms with Gasteiger partial charge in [0.15, 0.2) is 0 Å². The number of benzene rings is 1. The zero-order valence-electron chi connectivity index (χ0n) is 18.4. The zero-order valence-corrected chi connectivity index (χ0v) is 18.4. The summed E-state index contributed by atoms with van der Waals surface area (Å²) in [4.78, 5) is 23.3. The van der Waals surface area contributed by atoms with Gasteiger partial charge in [-0.05, 0) is 69.5 Å². The van der Waals surface area contributed by atoms with Crippen LogP contribution < -0.4 is 10.2 Å². The third-order valence-corrected chi connectivity index (χ3v) is 5.85. The van der Waals surface area contributed by atoms with Gasteiger partial charge in [-0.25, -0.2) is 9.97 Å². The molecular weight excluding hydrogens is 386 g/mol. The number of nitrogens with zero attached hydrogens (tertiary/aromatic N) is 4. The molecule has 1 amide bonds. The van der Waals surface area contributed by atoms with Crippen LogP contribution in [-0.4, -0.2) is 39.6 Å². The number of hydrogen-bond acceptors (Lipinski definition) is 4. The van der Waals surface area contributed by atoms with Crippen molar-refractivity contribution in [1.29, 1.82) is 0 Å². The van der Waals surface area contributed by atoms with Crippen LogP contribution in [0.25, 0.3) is 11.8 Å². The maximum absolute atomic E-state index is 12.5. The van der Waals surface area contributed by atoms with E-state index in [1.54, 1.807) is 18.5 Å². The van der Waals surface area contributed by atoms with Gasteiger partial charge in [0, 0.05) is 54.7 Å². The van der Waals surface area contributed by atoms with Crippen LogP contribution in [0.4, 0.5) is 5.95 Å². The number of piperidine rings is 1. The van der Waals surface area contributed by atoms with Gasteiger partial charge in [0.25, 0.3) is 0 Å². The zero-order chi connectivity index (χ0) is 21.8. The molecule has 0 radical (unpaired) electrons. The van der Waals surface area contributed by atoms with E-state index in [-0.39, 0.29) is 11.9 Å². The van der Waals surface area contributed by atoms with E-state index >= 15 is 0 Å². The second-order valence-corrected chi connectivity index (χ2v) is 8.15. The summed E-state index contributed by atoms with van der Waals surface area (Å²) in [5.74, 6) is 0.714. The maximum atomic E-state index is 12.5. The molecule has 3 aromatic rings. The molecule has 1 aromatic carbocycles. The van der Waals surface area contributed by atoms with Crippen LogP contribution in [-0.2, 0) is 4.79 Å². The van der Waals surface area contributed by atoms with Crippen molar-refractivity contribution in [3.8, 4) is 5.69 Å². The first-order valence-corrected chi connectivity index (χ1v) is 10.8. The molecule has 6 nitrogen and oxygen atoms in total. The minimum atomic E-state index is -0.0467. The molecule has 0 unspecified atom stereocenters. The highest BCUT2D eigenvalue weighted by Gasteiger charge is 2.21. The topological polar surface area (TPSA) is 63.1 Å². The highest BCUT2D eigenvalue weighted by atomic mass is 16.1. The van der Waals surface area contributed by atoms with Gasteiger partial charge in [-0.2, -0.15) is 0 Å². The third kappa shape index (κ3) is 4.85. The average molecular weight is 416 g/mol. The molecule has 4 rings (SSSR count). The Morgan fingerprint density at radius 1 is 1.06 bits per heavy atom. The minimum absolute atomic E-state index is 0.0467. The number of amides is 1. The first-order chi connectivity index (χ1) is 15.0. The quantitative estimate of drug-likeness (QED) is 0.640. The summed E-state index contributed by atoms with van der Waals surface area (Å²) in [5, 5.41) is 3.14. The third-order valence-electron chi connectivity index (χ3n) is 5.85. The lowest BCUT2D eigenvalue weighted by atomic mass is 10.1. The van der Waals surface area contributed by atoms with E-state index in [0.717, 1.165) is 54.5 Å². The van der Waals surface area contributed by atoms with Crippen LogP contribution in [0.1, 0.15) is 35.4 Å². The molecule has 2 aromatic heterocycles. The van der Waals surface area contributed by atoms with E-state index in [1.165, 1.54) is 5.56 Å². The molecule has 1 fully saturated rings. The molecule has 6 heteroatoms. The molecule has 1 N–H and O–H groups in total. The molecule has 160 valence electrons. The number of carbonyl (C=O) groups excluding carboxylic acids is 1. The first-order valence-electron chi connectivity index (χ1n) is 10.8. The van der Waals surface area contributed by atoms with E-state index in [2.05, 4.69) is 75.9 Å². The minimum Gasteiger partial charge on any atom is -0.350 e. The molecule has 31 heavy (non-hydrogen) atoms. The summed E-state index contributed by atoms with van der Waals surface area (Å²) in [6, 6.07) is 12.6. The Morgan fingerprint density at radius 3 is 2.42 bits per heavy atom. The van der Waals surface area contributed by atoms with Crippen LogP contribution in [0, 0.1) is 20.8 Å². The van der Waals surface area contributed by atoms with Crippen molar-refractivity contribution in [2.24, 2.45) is 0 Å². The van der Waals surface area contributed by atoms with Gasteiger partial charge in [0.2, 0.25) is 11.9 Å². The van der Waals surface area contributed by atoms with Gasteiger partial charge < -0.3 is 14.8 Å². The summed E-state index contributed by atoms with van der Waals surface area (Å²) in [6.45, 7) is 7.96. The lowest BCUT2D eigenvalue weighted by Gasteiger charge is -2.32.